The number of nitrogens with zero attached hydrogens (tertiary/aromatic N) is 1. The smallest absolute Gasteiger partial charge is 0.234 e. The largest absolute Gasteiger partial charge is 0.492 e. The Morgan fingerprint density at radius 2 is 2.43 bits per heavy atom. The summed E-state index contributed by atoms with van der Waals surface area (Å²) in [7, 11) is 0. The van der Waals surface area contributed by atoms with Crippen molar-refractivity contribution < 1.29 is 9.53 Å². The Morgan fingerprint density at radius 3 is 3.19 bits per heavy atom. The van der Waals surface area contributed by atoms with Gasteiger partial charge in [0, 0.05) is 30.7 Å². The lowest BCUT2D eigenvalue weighted by molar-refractivity contribution is -0.123. The summed E-state index contributed by atoms with van der Waals surface area (Å²) in [6.07, 6.45) is 0. The first-order chi connectivity index (χ1) is 10.1. The van der Waals surface area contributed by atoms with Gasteiger partial charge in [-0.15, -0.1) is 0 Å². The number of hydrogen-bond acceptors (Lipinski definition) is 4. The van der Waals surface area contributed by atoms with Gasteiger partial charge in [-0.2, -0.15) is 0 Å². The minimum atomic E-state index is 0.0402. The van der Waals surface area contributed by atoms with Gasteiger partial charge >= 0.3 is 0 Å². The first-order valence-corrected chi connectivity index (χ1v) is 7.63. The van der Waals surface area contributed by atoms with Crippen LogP contribution in [0.1, 0.15) is 6.92 Å². The van der Waals surface area contributed by atoms with Gasteiger partial charge in [0.15, 0.2) is 0 Å². The summed E-state index contributed by atoms with van der Waals surface area (Å²) in [5.74, 6) is 0.755. The molecule has 1 aromatic carbocycles. The Bertz CT molecular complexity index is 470. The Morgan fingerprint density at radius 1 is 1.57 bits per heavy atom. The molecule has 0 bridgehead atoms. The molecule has 1 aliphatic rings. The Kier molecular flexibility index (Phi) is 6.29. The maximum atomic E-state index is 11.9. The number of carbonyl (C=O) groups is 1. The fourth-order valence-electron chi connectivity index (χ4n) is 2.27. The molecule has 0 radical (unpaired) electrons. The van der Waals surface area contributed by atoms with Crippen LogP contribution in [0.25, 0.3) is 0 Å². The minimum absolute atomic E-state index is 0.0402. The summed E-state index contributed by atoms with van der Waals surface area (Å²) in [5.41, 5.74) is 0. The molecule has 0 aliphatic carbocycles. The molecule has 0 saturated carbocycles. The van der Waals surface area contributed by atoms with Crippen LogP contribution in [0.15, 0.2) is 24.3 Å². The Balaban J connectivity index is 1.63. The number of halogens is 1. The van der Waals surface area contributed by atoms with Gasteiger partial charge in [0.25, 0.3) is 0 Å². The van der Waals surface area contributed by atoms with E-state index in [4.69, 9.17) is 16.3 Å². The van der Waals surface area contributed by atoms with Crippen molar-refractivity contribution in [3.8, 4) is 5.75 Å². The molecule has 0 aromatic heterocycles. The number of benzene rings is 1. The quantitative estimate of drug-likeness (QED) is 0.773. The molecule has 1 heterocycles. The molecule has 6 heteroatoms. The summed E-state index contributed by atoms with van der Waals surface area (Å²) in [6.45, 7) is 6.28. The van der Waals surface area contributed by atoms with E-state index in [0.717, 1.165) is 19.6 Å². The molecular formula is C15H22ClN3O2. The molecule has 1 aromatic rings. The van der Waals surface area contributed by atoms with Crippen molar-refractivity contribution in [1.29, 1.82) is 0 Å². The minimum Gasteiger partial charge on any atom is -0.492 e. The highest BCUT2D eigenvalue weighted by Gasteiger charge is 2.19. The fraction of sp³-hybridized carbons (Fsp3) is 0.533. The Hall–Kier alpha value is -1.30. The number of piperazine rings is 1. The van der Waals surface area contributed by atoms with E-state index in [-0.39, 0.29) is 5.91 Å². The van der Waals surface area contributed by atoms with Crippen molar-refractivity contribution in [2.75, 3.05) is 39.3 Å². The summed E-state index contributed by atoms with van der Waals surface area (Å²) < 4.78 is 5.53. The zero-order valence-electron chi connectivity index (χ0n) is 12.3. The second-order valence-corrected chi connectivity index (χ2v) is 5.62. The second-order valence-electron chi connectivity index (χ2n) is 5.18. The lowest BCUT2D eigenvalue weighted by Gasteiger charge is -2.33. The molecule has 21 heavy (non-hydrogen) atoms. The van der Waals surface area contributed by atoms with Gasteiger partial charge in [-0.05, 0) is 25.1 Å². The zero-order valence-corrected chi connectivity index (χ0v) is 13.0. The molecule has 0 unspecified atom stereocenters. The second kappa shape index (κ2) is 8.22. The van der Waals surface area contributed by atoms with Crippen molar-refractivity contribution in [2.24, 2.45) is 0 Å². The topological polar surface area (TPSA) is 53.6 Å². The van der Waals surface area contributed by atoms with E-state index in [2.05, 4.69) is 22.5 Å². The van der Waals surface area contributed by atoms with E-state index < -0.39 is 0 Å². The highest BCUT2D eigenvalue weighted by Crippen LogP contribution is 2.16. The van der Waals surface area contributed by atoms with E-state index >= 15 is 0 Å². The summed E-state index contributed by atoms with van der Waals surface area (Å²) in [6, 6.07) is 7.63. The van der Waals surface area contributed by atoms with Gasteiger partial charge in [-0.3, -0.25) is 9.69 Å². The SMILES string of the molecule is C[C@H]1CNCCN1CC(=O)NCCOc1cccc(Cl)c1. The third kappa shape index (κ3) is 5.53. The highest BCUT2D eigenvalue weighted by atomic mass is 35.5. The standard InChI is InChI=1S/C15H22ClN3O2/c1-12-10-17-5-7-19(12)11-15(20)18-6-8-21-14-4-2-3-13(16)9-14/h2-4,9,12,17H,5-8,10-11H2,1H3,(H,18,20)/t12-/m0/s1. The number of carbonyl (C=O) groups excluding carboxylic acids is 1. The highest BCUT2D eigenvalue weighted by molar-refractivity contribution is 6.30. The van der Waals surface area contributed by atoms with E-state index in [1.54, 1.807) is 12.1 Å². The fourth-order valence-corrected chi connectivity index (χ4v) is 2.45. The molecule has 1 atom stereocenters. The van der Waals surface area contributed by atoms with Crippen molar-refractivity contribution >= 4 is 17.5 Å². The van der Waals surface area contributed by atoms with E-state index in [9.17, 15) is 4.79 Å². The average molecular weight is 312 g/mol. The van der Waals surface area contributed by atoms with Gasteiger partial charge in [-0.1, -0.05) is 17.7 Å². The predicted octanol–water partition coefficient (Wildman–Crippen LogP) is 1.13. The molecule has 5 nitrogen and oxygen atoms in total. The number of amides is 1. The summed E-state index contributed by atoms with van der Waals surface area (Å²) >= 11 is 5.87. The van der Waals surface area contributed by atoms with E-state index in [1.807, 2.05) is 12.1 Å². The number of nitrogens with one attached hydrogen (secondary N) is 2. The maximum absolute atomic E-state index is 11.9. The average Bonchev–Trinajstić information content (AvgIpc) is 2.46. The van der Waals surface area contributed by atoms with Crippen LogP contribution in [0.3, 0.4) is 0 Å². The van der Waals surface area contributed by atoms with E-state index in [1.165, 1.54) is 0 Å². The van der Waals surface area contributed by atoms with Crippen molar-refractivity contribution in [2.45, 2.75) is 13.0 Å². The van der Waals surface area contributed by atoms with Crippen LogP contribution >= 0.6 is 11.6 Å². The zero-order chi connectivity index (χ0) is 15.1. The molecule has 0 spiro atoms. The molecular weight excluding hydrogens is 290 g/mol. The normalized spacial score (nSPS) is 19.2. The molecule has 116 valence electrons. The third-order valence-electron chi connectivity index (χ3n) is 3.47. The molecule has 1 fully saturated rings. The van der Waals surface area contributed by atoms with Crippen LogP contribution in [0, 0.1) is 0 Å². The van der Waals surface area contributed by atoms with Crippen LogP contribution in [0.2, 0.25) is 5.02 Å². The lowest BCUT2D eigenvalue weighted by atomic mass is 10.2. The molecule has 1 saturated heterocycles. The lowest BCUT2D eigenvalue weighted by Crippen LogP contribution is -2.52. The first-order valence-electron chi connectivity index (χ1n) is 7.25. The van der Waals surface area contributed by atoms with Crippen molar-refractivity contribution in [1.82, 2.24) is 15.5 Å². The van der Waals surface area contributed by atoms with Crippen molar-refractivity contribution in [3.63, 3.8) is 0 Å². The monoisotopic (exact) mass is 311 g/mol. The van der Waals surface area contributed by atoms with Crippen LogP contribution < -0.4 is 15.4 Å². The maximum Gasteiger partial charge on any atom is 0.234 e. The van der Waals surface area contributed by atoms with Crippen molar-refractivity contribution in [3.05, 3.63) is 29.3 Å². The number of ether oxygens (including phenoxy) is 1. The molecule has 2 N–H and O–H groups in total. The molecule has 1 aliphatic heterocycles. The van der Waals surface area contributed by atoms with Gasteiger partial charge in [0.05, 0.1) is 13.1 Å². The van der Waals surface area contributed by atoms with Gasteiger partial charge in [0.1, 0.15) is 12.4 Å². The van der Waals surface area contributed by atoms with Crippen LogP contribution in [-0.2, 0) is 4.79 Å². The Labute approximate surface area is 130 Å². The number of hydrogen-bond donors (Lipinski definition) is 2. The van der Waals surface area contributed by atoms with Crippen LogP contribution in [0.4, 0.5) is 0 Å². The van der Waals surface area contributed by atoms with E-state index in [0.29, 0.717) is 36.5 Å². The first kappa shape index (κ1) is 16.1. The summed E-state index contributed by atoms with van der Waals surface area (Å²) in [5, 5.41) is 6.83. The predicted molar refractivity (Wildman–Crippen MR) is 83.9 cm³/mol. The molecule has 2 rings (SSSR count). The van der Waals surface area contributed by atoms with Gasteiger partial charge in [-0.25, -0.2) is 0 Å². The number of rotatable bonds is 6. The van der Waals surface area contributed by atoms with Gasteiger partial charge < -0.3 is 15.4 Å². The van der Waals surface area contributed by atoms with Crippen LogP contribution in [0.5, 0.6) is 5.75 Å². The summed E-state index contributed by atoms with van der Waals surface area (Å²) in [4.78, 5) is 14.1. The third-order valence-corrected chi connectivity index (χ3v) is 3.71. The van der Waals surface area contributed by atoms with Gasteiger partial charge in [0.2, 0.25) is 5.91 Å². The molecule has 1 amide bonds. The van der Waals surface area contributed by atoms with Crippen LogP contribution in [-0.4, -0.2) is 56.2 Å².